The third-order valence-corrected chi connectivity index (χ3v) is 2.43. The molecule has 0 aromatic heterocycles. The third-order valence-electron chi connectivity index (χ3n) is 2.43. The summed E-state index contributed by atoms with van der Waals surface area (Å²) >= 11 is 0. The summed E-state index contributed by atoms with van der Waals surface area (Å²) in [4.78, 5) is 13.0. The van der Waals surface area contributed by atoms with Gasteiger partial charge in [-0.2, -0.15) is 0 Å². The van der Waals surface area contributed by atoms with Crippen LogP contribution in [0.1, 0.15) is 12.8 Å². The smallest absolute Gasteiger partial charge is 0.331 e. The number of hydrogen-bond acceptors (Lipinski definition) is 4. The fourth-order valence-electron chi connectivity index (χ4n) is 1.53. The molecule has 1 rings (SSSR count). The minimum atomic E-state index is -0.305. The lowest BCUT2D eigenvalue weighted by atomic mass is 10.2. The number of carbonyl (C=O) groups is 1. The van der Waals surface area contributed by atoms with E-state index in [2.05, 4.69) is 16.7 Å². The van der Waals surface area contributed by atoms with Gasteiger partial charge in [0.15, 0.2) is 0 Å². The molecule has 0 N–H and O–H groups in total. The lowest BCUT2D eigenvalue weighted by Crippen LogP contribution is -2.30. The van der Waals surface area contributed by atoms with Gasteiger partial charge in [-0.25, -0.2) is 4.79 Å². The summed E-state index contributed by atoms with van der Waals surface area (Å²) in [6.07, 6.45) is 2.39. The zero-order valence-corrected chi connectivity index (χ0v) is 8.28. The molecule has 1 fully saturated rings. The second-order valence-corrected chi connectivity index (χ2v) is 3.37. The van der Waals surface area contributed by atoms with Crippen LogP contribution in [0.5, 0.6) is 0 Å². The highest BCUT2D eigenvalue weighted by molar-refractivity contribution is 5.70. The highest BCUT2D eigenvalue weighted by Gasteiger charge is 2.20. The molecule has 0 aliphatic carbocycles. The quantitative estimate of drug-likeness (QED) is 0.592. The van der Waals surface area contributed by atoms with Crippen molar-refractivity contribution < 1.29 is 14.3 Å². The van der Waals surface area contributed by atoms with E-state index in [9.17, 15) is 4.79 Å². The van der Waals surface area contributed by atoms with Crippen molar-refractivity contribution in [3.8, 4) is 0 Å². The summed E-state index contributed by atoms with van der Waals surface area (Å²) < 4.78 is 9.69. The Hall–Kier alpha value is -0.610. The van der Waals surface area contributed by atoms with Gasteiger partial charge in [-0.1, -0.05) is 0 Å². The first-order chi connectivity index (χ1) is 6.24. The van der Waals surface area contributed by atoms with E-state index in [4.69, 9.17) is 4.74 Å². The van der Waals surface area contributed by atoms with Gasteiger partial charge < -0.3 is 14.4 Å². The molecule has 1 heterocycles. The zero-order valence-electron chi connectivity index (χ0n) is 8.28. The molecule has 4 nitrogen and oxygen atoms in total. The molecule has 4 heteroatoms. The number of methoxy groups -OCH3 is 1. The molecule has 1 aliphatic rings. The van der Waals surface area contributed by atoms with Gasteiger partial charge in [0.05, 0.1) is 13.7 Å². The number of nitrogens with zero attached hydrogens (tertiary/aromatic N) is 1. The average molecular weight is 187 g/mol. The molecule has 0 amide bonds. The minimum absolute atomic E-state index is 0.0703. The summed E-state index contributed by atoms with van der Waals surface area (Å²) in [5, 5.41) is 0. The van der Waals surface area contributed by atoms with Crippen molar-refractivity contribution in [2.24, 2.45) is 0 Å². The number of ether oxygens (including phenoxy) is 2. The van der Waals surface area contributed by atoms with Crippen LogP contribution in [0, 0.1) is 0 Å². The van der Waals surface area contributed by atoms with Gasteiger partial charge in [0.1, 0.15) is 6.61 Å². The molecule has 0 spiro atoms. The second kappa shape index (κ2) is 5.19. The molecular formula is C9H17NO3. The van der Waals surface area contributed by atoms with Crippen LogP contribution in [0.15, 0.2) is 0 Å². The summed E-state index contributed by atoms with van der Waals surface area (Å²) in [6.45, 7) is 1.83. The summed E-state index contributed by atoms with van der Waals surface area (Å²) in [5.41, 5.74) is 0. The largest absolute Gasteiger partial charge is 0.467 e. The van der Waals surface area contributed by atoms with Gasteiger partial charge in [0.2, 0.25) is 0 Å². The van der Waals surface area contributed by atoms with Crippen LogP contribution in [-0.2, 0) is 14.3 Å². The average Bonchev–Trinajstić information content (AvgIpc) is 2.52. The zero-order chi connectivity index (χ0) is 9.68. The third kappa shape index (κ3) is 3.32. The van der Waals surface area contributed by atoms with Gasteiger partial charge in [-0.15, -0.1) is 0 Å². The van der Waals surface area contributed by atoms with Crippen LogP contribution in [-0.4, -0.2) is 50.8 Å². The molecular weight excluding hydrogens is 170 g/mol. The predicted octanol–water partition coefficient (Wildman–Crippen LogP) is 0.270. The first kappa shape index (κ1) is 10.5. The molecule has 0 saturated carbocycles. The fraction of sp³-hybridized carbons (Fsp3) is 0.889. The Labute approximate surface area is 78.8 Å². The molecule has 13 heavy (non-hydrogen) atoms. The Morgan fingerprint density at radius 1 is 1.62 bits per heavy atom. The van der Waals surface area contributed by atoms with E-state index < -0.39 is 0 Å². The number of rotatable bonds is 4. The van der Waals surface area contributed by atoms with Crippen LogP contribution >= 0.6 is 0 Å². The lowest BCUT2D eigenvalue weighted by molar-refractivity contribution is -0.146. The van der Waals surface area contributed by atoms with Crippen LogP contribution in [0.25, 0.3) is 0 Å². The molecule has 1 aliphatic heterocycles. The van der Waals surface area contributed by atoms with Crippen LogP contribution in [0.3, 0.4) is 0 Å². The van der Waals surface area contributed by atoms with Crippen molar-refractivity contribution in [2.45, 2.75) is 18.9 Å². The van der Waals surface area contributed by atoms with Crippen molar-refractivity contribution in [1.29, 1.82) is 0 Å². The van der Waals surface area contributed by atoms with Crippen molar-refractivity contribution in [1.82, 2.24) is 4.90 Å². The van der Waals surface area contributed by atoms with E-state index in [1.54, 1.807) is 0 Å². The number of esters is 1. The lowest BCUT2D eigenvalue weighted by Gasteiger charge is -2.18. The Morgan fingerprint density at radius 2 is 2.38 bits per heavy atom. The van der Waals surface area contributed by atoms with E-state index in [0.29, 0.717) is 12.6 Å². The van der Waals surface area contributed by atoms with Crippen molar-refractivity contribution >= 4 is 5.97 Å². The first-order valence-electron chi connectivity index (χ1n) is 4.59. The first-order valence-corrected chi connectivity index (χ1v) is 4.59. The predicted molar refractivity (Wildman–Crippen MR) is 48.5 cm³/mol. The molecule has 0 aromatic carbocycles. The minimum Gasteiger partial charge on any atom is -0.467 e. The topological polar surface area (TPSA) is 38.8 Å². The second-order valence-electron chi connectivity index (χ2n) is 3.37. The maximum atomic E-state index is 10.7. The Kier molecular flexibility index (Phi) is 4.18. The maximum absolute atomic E-state index is 10.7. The number of likely N-dealkylation sites (N-methyl/N-ethyl adjacent to an activating group) is 1. The molecule has 76 valence electrons. The van der Waals surface area contributed by atoms with E-state index in [1.807, 2.05) is 0 Å². The number of likely N-dealkylation sites (tertiary alicyclic amines) is 1. The van der Waals surface area contributed by atoms with Crippen molar-refractivity contribution in [3.05, 3.63) is 0 Å². The van der Waals surface area contributed by atoms with E-state index in [1.165, 1.54) is 13.5 Å². The van der Waals surface area contributed by atoms with Crippen LogP contribution in [0.4, 0.5) is 0 Å². The maximum Gasteiger partial charge on any atom is 0.331 e. The van der Waals surface area contributed by atoms with Crippen molar-refractivity contribution in [2.75, 3.05) is 33.9 Å². The van der Waals surface area contributed by atoms with E-state index in [0.717, 1.165) is 13.0 Å². The van der Waals surface area contributed by atoms with Gasteiger partial charge in [-0.05, 0) is 26.4 Å². The molecule has 0 radical (unpaired) electrons. The standard InChI is InChI=1S/C9H17NO3/c1-10-5-3-4-8(10)6-13-7-9(11)12-2/h8H,3-7H2,1-2H3. The normalized spacial score (nSPS) is 23.4. The number of carbonyl (C=O) groups excluding carboxylic acids is 1. The van der Waals surface area contributed by atoms with Gasteiger partial charge in [-0.3, -0.25) is 0 Å². The monoisotopic (exact) mass is 187 g/mol. The summed E-state index contributed by atoms with van der Waals surface area (Å²) in [5.74, 6) is -0.305. The Morgan fingerprint density at radius 3 is 2.92 bits per heavy atom. The highest BCUT2D eigenvalue weighted by atomic mass is 16.6. The number of hydrogen-bond donors (Lipinski definition) is 0. The van der Waals surface area contributed by atoms with E-state index >= 15 is 0 Å². The van der Waals surface area contributed by atoms with E-state index in [-0.39, 0.29) is 12.6 Å². The van der Waals surface area contributed by atoms with Crippen LogP contribution in [0.2, 0.25) is 0 Å². The van der Waals surface area contributed by atoms with Gasteiger partial charge >= 0.3 is 5.97 Å². The molecule has 0 bridgehead atoms. The summed E-state index contributed by atoms with van der Waals surface area (Å²) in [6, 6.07) is 0.477. The van der Waals surface area contributed by atoms with Crippen molar-refractivity contribution in [3.63, 3.8) is 0 Å². The molecule has 1 saturated heterocycles. The Balaban J connectivity index is 2.08. The SMILES string of the molecule is COC(=O)COCC1CCCN1C. The molecule has 1 atom stereocenters. The molecule has 0 aromatic rings. The fourth-order valence-corrected chi connectivity index (χ4v) is 1.53. The Bertz CT molecular complexity index is 172. The highest BCUT2D eigenvalue weighted by Crippen LogP contribution is 2.14. The van der Waals surface area contributed by atoms with Gasteiger partial charge in [0.25, 0.3) is 0 Å². The molecule has 1 unspecified atom stereocenters. The van der Waals surface area contributed by atoms with Crippen LogP contribution < -0.4 is 0 Å². The summed E-state index contributed by atoms with van der Waals surface area (Å²) in [7, 11) is 3.45. The van der Waals surface area contributed by atoms with Gasteiger partial charge in [0, 0.05) is 6.04 Å².